The lowest BCUT2D eigenvalue weighted by atomic mass is 9.96. The van der Waals surface area contributed by atoms with E-state index in [1.807, 2.05) is 17.0 Å². The van der Waals surface area contributed by atoms with Gasteiger partial charge in [0.2, 0.25) is 11.8 Å². The highest BCUT2D eigenvalue weighted by Crippen LogP contribution is 2.25. The summed E-state index contributed by atoms with van der Waals surface area (Å²) in [6, 6.07) is 3.77. The van der Waals surface area contributed by atoms with Crippen LogP contribution in [0.1, 0.15) is 24.2 Å². The number of likely N-dealkylation sites (tertiary alicyclic amines) is 1. The molecule has 2 aliphatic rings. The molecule has 138 valence electrons. The number of H-pyrrole nitrogens is 1. The number of ether oxygens (including phenoxy) is 1. The molecule has 1 saturated heterocycles. The fourth-order valence-electron chi connectivity index (χ4n) is 3.89. The first-order chi connectivity index (χ1) is 12.6. The van der Waals surface area contributed by atoms with Crippen molar-refractivity contribution in [3.63, 3.8) is 0 Å². The number of fused-ring (bicyclic) bond motifs is 1. The van der Waals surface area contributed by atoms with Gasteiger partial charge in [-0.3, -0.25) is 4.79 Å². The van der Waals surface area contributed by atoms with Crippen molar-refractivity contribution in [2.45, 2.75) is 25.8 Å². The number of aromatic nitrogens is 3. The number of imidazole rings is 1. The molecule has 7 heteroatoms. The molecule has 1 atom stereocenters. The molecule has 0 bridgehead atoms. The van der Waals surface area contributed by atoms with Crippen molar-refractivity contribution in [1.82, 2.24) is 24.8 Å². The molecule has 0 unspecified atom stereocenters. The van der Waals surface area contributed by atoms with E-state index in [9.17, 15) is 4.79 Å². The second-order valence-electron chi connectivity index (χ2n) is 7.21. The van der Waals surface area contributed by atoms with E-state index in [1.165, 1.54) is 0 Å². The zero-order valence-electron chi connectivity index (χ0n) is 15.4. The summed E-state index contributed by atoms with van der Waals surface area (Å²) in [5.41, 5.74) is 3.02. The molecule has 4 rings (SSSR count). The Kier molecular flexibility index (Phi) is 4.63. The number of nitrogens with zero attached hydrogens (tertiary/aromatic N) is 4. The molecule has 0 radical (unpaired) electrons. The number of nitrogens with one attached hydrogen (secondary N) is 1. The van der Waals surface area contributed by atoms with Crippen molar-refractivity contribution >= 4 is 5.91 Å². The van der Waals surface area contributed by atoms with Crippen molar-refractivity contribution in [2.75, 3.05) is 33.8 Å². The van der Waals surface area contributed by atoms with Gasteiger partial charge in [-0.1, -0.05) is 0 Å². The normalized spacial score (nSPS) is 20.7. The molecule has 26 heavy (non-hydrogen) atoms. The number of methoxy groups -OCH3 is 1. The Bertz CT molecular complexity index is 786. The minimum absolute atomic E-state index is 0.128. The van der Waals surface area contributed by atoms with Crippen LogP contribution in [0.5, 0.6) is 5.88 Å². The Labute approximate surface area is 153 Å². The quantitative estimate of drug-likeness (QED) is 0.907. The zero-order valence-corrected chi connectivity index (χ0v) is 15.4. The van der Waals surface area contributed by atoms with Gasteiger partial charge in [-0.15, -0.1) is 0 Å². The van der Waals surface area contributed by atoms with Crippen LogP contribution in [-0.4, -0.2) is 64.5 Å². The molecule has 0 spiro atoms. The molecule has 0 saturated carbocycles. The lowest BCUT2D eigenvalue weighted by Crippen LogP contribution is -2.45. The maximum absolute atomic E-state index is 12.9. The monoisotopic (exact) mass is 355 g/mol. The standard InChI is InChI=1S/C19H25N5O2/c1-23-8-3-4-14(11-23)19(25)24-9-7-15-16(12-24)22-18(21-15)13-5-6-17(26-2)20-10-13/h5-6,10,14H,3-4,7-9,11-12H2,1-2H3,(H,21,22)/t14-/m0/s1. The summed E-state index contributed by atoms with van der Waals surface area (Å²) >= 11 is 0. The van der Waals surface area contributed by atoms with Crippen LogP contribution < -0.4 is 4.74 Å². The SMILES string of the molecule is COc1ccc(-c2nc3c([nH]2)CN(C(=O)[C@H]2CCCN(C)C2)CC3)cn1. The van der Waals surface area contributed by atoms with E-state index in [0.29, 0.717) is 12.4 Å². The average molecular weight is 355 g/mol. The van der Waals surface area contributed by atoms with E-state index in [0.717, 1.165) is 61.7 Å². The van der Waals surface area contributed by atoms with E-state index in [2.05, 4.69) is 21.9 Å². The lowest BCUT2D eigenvalue weighted by Gasteiger charge is -2.34. The first-order valence-corrected chi connectivity index (χ1v) is 9.19. The van der Waals surface area contributed by atoms with Crippen LogP contribution in [0.2, 0.25) is 0 Å². The minimum Gasteiger partial charge on any atom is -0.481 e. The van der Waals surface area contributed by atoms with Gasteiger partial charge < -0.3 is 19.5 Å². The number of hydrogen-bond donors (Lipinski definition) is 1. The lowest BCUT2D eigenvalue weighted by molar-refractivity contribution is -0.138. The zero-order chi connectivity index (χ0) is 18.1. The summed E-state index contributed by atoms with van der Waals surface area (Å²) in [5, 5.41) is 0. The first-order valence-electron chi connectivity index (χ1n) is 9.19. The number of carbonyl (C=O) groups is 1. The van der Waals surface area contributed by atoms with E-state index < -0.39 is 0 Å². The number of rotatable bonds is 3. The molecule has 2 aromatic heterocycles. The Morgan fingerprint density at radius 1 is 1.35 bits per heavy atom. The second-order valence-corrected chi connectivity index (χ2v) is 7.21. The Balaban J connectivity index is 1.48. The molecular formula is C19H25N5O2. The molecule has 0 aromatic carbocycles. The molecule has 1 fully saturated rings. The van der Waals surface area contributed by atoms with Gasteiger partial charge in [0.05, 0.1) is 31.0 Å². The molecule has 1 N–H and O–H groups in total. The summed E-state index contributed by atoms with van der Waals surface area (Å²) in [6.45, 7) is 3.32. The van der Waals surface area contributed by atoms with Crippen LogP contribution in [0.4, 0.5) is 0 Å². The summed E-state index contributed by atoms with van der Waals surface area (Å²) in [5.74, 6) is 1.80. The van der Waals surface area contributed by atoms with E-state index in [-0.39, 0.29) is 11.8 Å². The highest BCUT2D eigenvalue weighted by molar-refractivity contribution is 5.79. The Morgan fingerprint density at radius 3 is 2.96 bits per heavy atom. The third kappa shape index (κ3) is 3.31. The largest absolute Gasteiger partial charge is 0.481 e. The van der Waals surface area contributed by atoms with Crippen molar-refractivity contribution in [1.29, 1.82) is 0 Å². The first kappa shape index (κ1) is 17.0. The molecule has 2 aromatic rings. The molecule has 0 aliphatic carbocycles. The Hall–Kier alpha value is -2.41. The summed E-state index contributed by atoms with van der Waals surface area (Å²) in [6.07, 6.45) is 4.65. The van der Waals surface area contributed by atoms with Crippen LogP contribution in [0.25, 0.3) is 11.4 Å². The van der Waals surface area contributed by atoms with Gasteiger partial charge in [-0.25, -0.2) is 9.97 Å². The molecule has 1 amide bonds. The Morgan fingerprint density at radius 2 is 2.23 bits per heavy atom. The molecule has 7 nitrogen and oxygen atoms in total. The van der Waals surface area contributed by atoms with Crippen molar-refractivity contribution in [3.8, 4) is 17.3 Å². The van der Waals surface area contributed by atoms with Crippen LogP contribution in [-0.2, 0) is 17.8 Å². The van der Waals surface area contributed by atoms with Crippen LogP contribution in [0.15, 0.2) is 18.3 Å². The number of amides is 1. The predicted octanol–water partition coefficient (Wildman–Crippen LogP) is 1.71. The third-order valence-corrected chi connectivity index (χ3v) is 5.34. The smallest absolute Gasteiger partial charge is 0.227 e. The maximum Gasteiger partial charge on any atom is 0.227 e. The minimum atomic E-state index is 0.128. The number of piperidine rings is 1. The van der Waals surface area contributed by atoms with Gasteiger partial charge in [0, 0.05) is 37.3 Å². The van der Waals surface area contributed by atoms with Crippen molar-refractivity contribution in [2.24, 2.45) is 5.92 Å². The van der Waals surface area contributed by atoms with E-state index >= 15 is 0 Å². The van der Waals surface area contributed by atoms with Gasteiger partial charge >= 0.3 is 0 Å². The number of hydrogen-bond acceptors (Lipinski definition) is 5. The van der Waals surface area contributed by atoms with Crippen LogP contribution >= 0.6 is 0 Å². The fourth-order valence-corrected chi connectivity index (χ4v) is 3.89. The average Bonchev–Trinajstić information content (AvgIpc) is 3.10. The fraction of sp³-hybridized carbons (Fsp3) is 0.526. The maximum atomic E-state index is 12.9. The molecule has 2 aliphatic heterocycles. The third-order valence-electron chi connectivity index (χ3n) is 5.34. The topological polar surface area (TPSA) is 74.3 Å². The predicted molar refractivity (Wildman–Crippen MR) is 97.7 cm³/mol. The van der Waals surface area contributed by atoms with Gasteiger partial charge in [0.15, 0.2) is 0 Å². The molecule has 4 heterocycles. The highest BCUT2D eigenvalue weighted by atomic mass is 16.5. The summed E-state index contributed by atoms with van der Waals surface area (Å²) in [4.78, 5) is 29.5. The second kappa shape index (κ2) is 7.07. The van der Waals surface area contributed by atoms with Crippen LogP contribution in [0, 0.1) is 5.92 Å². The van der Waals surface area contributed by atoms with Crippen molar-refractivity contribution in [3.05, 3.63) is 29.7 Å². The highest BCUT2D eigenvalue weighted by Gasteiger charge is 2.31. The number of pyridine rings is 1. The van der Waals surface area contributed by atoms with Crippen molar-refractivity contribution < 1.29 is 9.53 Å². The summed E-state index contributed by atoms with van der Waals surface area (Å²) < 4.78 is 5.10. The molecular weight excluding hydrogens is 330 g/mol. The van der Waals surface area contributed by atoms with Gasteiger partial charge in [0.25, 0.3) is 0 Å². The number of carbonyl (C=O) groups excluding carboxylic acids is 1. The van der Waals surface area contributed by atoms with Gasteiger partial charge in [0.1, 0.15) is 5.82 Å². The van der Waals surface area contributed by atoms with Gasteiger partial charge in [-0.2, -0.15) is 0 Å². The van der Waals surface area contributed by atoms with Gasteiger partial charge in [-0.05, 0) is 32.5 Å². The number of aromatic amines is 1. The van der Waals surface area contributed by atoms with E-state index in [4.69, 9.17) is 9.72 Å². The summed E-state index contributed by atoms with van der Waals surface area (Å²) in [7, 11) is 3.70. The van der Waals surface area contributed by atoms with E-state index in [1.54, 1.807) is 13.3 Å². The van der Waals surface area contributed by atoms with Crippen LogP contribution in [0.3, 0.4) is 0 Å².